The van der Waals surface area contributed by atoms with Gasteiger partial charge in [0.25, 0.3) is 0 Å². The molecule has 0 amide bonds. The minimum atomic E-state index is -0.464. The minimum Gasteiger partial charge on any atom is -0.366 e. The number of hydrogen-bond donors (Lipinski definition) is 2. The van der Waals surface area contributed by atoms with E-state index < -0.39 is 5.82 Å². The summed E-state index contributed by atoms with van der Waals surface area (Å²) in [5.41, 5.74) is 5.58. The normalized spacial score (nSPS) is 10.4. The maximum Gasteiger partial charge on any atom is 0.239 e. The van der Waals surface area contributed by atoms with Crippen LogP contribution in [0.25, 0.3) is 11.4 Å². The second-order valence-electron chi connectivity index (χ2n) is 2.67. The summed E-state index contributed by atoms with van der Waals surface area (Å²) in [6.45, 7) is 0. The van der Waals surface area contributed by atoms with Crippen molar-refractivity contribution in [3.05, 3.63) is 29.0 Å². The second kappa shape index (κ2) is 3.26. The van der Waals surface area contributed by atoms with Crippen molar-refractivity contribution in [1.29, 1.82) is 0 Å². The van der Waals surface area contributed by atoms with Gasteiger partial charge in [0.2, 0.25) is 5.95 Å². The molecule has 2 aromatic rings. The number of nitrogen functional groups attached to an aromatic ring is 1. The fraction of sp³-hybridized carbons (Fsp3) is 0. The number of nitrogens with one attached hydrogen (secondary N) is 1. The Morgan fingerprint density at radius 1 is 1.43 bits per heavy atom. The van der Waals surface area contributed by atoms with Crippen molar-refractivity contribution in [3.63, 3.8) is 0 Å². The number of rotatable bonds is 1. The molecule has 0 spiro atoms. The molecular formula is C8H6ClFN4. The Hall–Kier alpha value is -1.62. The molecule has 0 fully saturated rings. The van der Waals surface area contributed by atoms with Gasteiger partial charge in [-0.3, -0.25) is 5.10 Å². The number of nitrogens with two attached hydrogens (primary N) is 1. The molecule has 14 heavy (non-hydrogen) atoms. The number of nitrogens with zero attached hydrogens (tertiary/aromatic N) is 2. The van der Waals surface area contributed by atoms with Gasteiger partial charge in [-0.25, -0.2) is 4.39 Å². The first-order valence-electron chi connectivity index (χ1n) is 3.80. The van der Waals surface area contributed by atoms with E-state index in [0.717, 1.165) is 0 Å². The number of halogens is 2. The highest BCUT2D eigenvalue weighted by Crippen LogP contribution is 2.22. The molecule has 3 N–H and O–H groups in total. The summed E-state index contributed by atoms with van der Waals surface area (Å²) in [6.07, 6.45) is 0. The van der Waals surface area contributed by atoms with Gasteiger partial charge < -0.3 is 5.73 Å². The van der Waals surface area contributed by atoms with E-state index in [-0.39, 0.29) is 11.8 Å². The van der Waals surface area contributed by atoms with Crippen LogP contribution in [0.4, 0.5) is 10.3 Å². The Balaban J connectivity index is 2.52. The summed E-state index contributed by atoms with van der Waals surface area (Å²) in [5.74, 6) is -0.0975. The van der Waals surface area contributed by atoms with Crippen LogP contribution in [0, 0.1) is 5.82 Å². The lowest BCUT2D eigenvalue weighted by Gasteiger charge is -1.98. The van der Waals surface area contributed by atoms with Gasteiger partial charge in [0.15, 0.2) is 5.82 Å². The predicted octanol–water partition coefficient (Wildman–Crippen LogP) is 1.85. The Labute approximate surface area is 83.9 Å². The van der Waals surface area contributed by atoms with Crippen molar-refractivity contribution in [2.24, 2.45) is 0 Å². The van der Waals surface area contributed by atoms with E-state index in [1.165, 1.54) is 12.1 Å². The maximum absolute atomic E-state index is 13.3. The quantitative estimate of drug-likeness (QED) is 0.758. The molecule has 72 valence electrons. The first-order valence-corrected chi connectivity index (χ1v) is 4.18. The van der Waals surface area contributed by atoms with Crippen LogP contribution in [0.3, 0.4) is 0 Å². The minimum absolute atomic E-state index is 0.0781. The smallest absolute Gasteiger partial charge is 0.239 e. The number of hydrogen-bond acceptors (Lipinski definition) is 3. The van der Waals surface area contributed by atoms with Gasteiger partial charge in [-0.2, -0.15) is 4.98 Å². The molecule has 0 saturated carbocycles. The lowest BCUT2D eigenvalue weighted by Crippen LogP contribution is -1.87. The van der Waals surface area contributed by atoms with Gasteiger partial charge in [0, 0.05) is 5.02 Å². The van der Waals surface area contributed by atoms with E-state index in [9.17, 15) is 4.39 Å². The van der Waals surface area contributed by atoms with Crippen LogP contribution in [-0.4, -0.2) is 15.2 Å². The third-order valence-corrected chi connectivity index (χ3v) is 1.92. The molecule has 0 bridgehead atoms. The molecule has 0 unspecified atom stereocenters. The summed E-state index contributed by atoms with van der Waals surface area (Å²) in [6, 6.07) is 4.28. The summed E-state index contributed by atoms with van der Waals surface area (Å²) < 4.78 is 13.3. The molecule has 0 radical (unpaired) electrons. The zero-order valence-electron chi connectivity index (χ0n) is 6.96. The average molecular weight is 213 g/mol. The summed E-state index contributed by atoms with van der Waals surface area (Å²) in [5, 5.41) is 6.44. The fourth-order valence-corrected chi connectivity index (χ4v) is 1.24. The van der Waals surface area contributed by atoms with Crippen LogP contribution < -0.4 is 5.73 Å². The molecule has 1 aromatic carbocycles. The summed E-state index contributed by atoms with van der Waals surface area (Å²) in [4.78, 5) is 3.80. The van der Waals surface area contributed by atoms with Crippen molar-refractivity contribution in [3.8, 4) is 11.4 Å². The Kier molecular flexibility index (Phi) is 2.09. The monoisotopic (exact) mass is 212 g/mol. The summed E-state index contributed by atoms with van der Waals surface area (Å²) >= 11 is 5.60. The summed E-state index contributed by atoms with van der Waals surface area (Å²) in [7, 11) is 0. The van der Waals surface area contributed by atoms with Crippen LogP contribution in [0.2, 0.25) is 5.02 Å². The largest absolute Gasteiger partial charge is 0.366 e. The Morgan fingerprint density at radius 3 is 2.79 bits per heavy atom. The third kappa shape index (κ3) is 1.54. The van der Waals surface area contributed by atoms with Crippen LogP contribution in [0.1, 0.15) is 0 Å². The molecule has 1 heterocycles. The number of anilines is 1. The molecule has 4 nitrogen and oxygen atoms in total. The van der Waals surface area contributed by atoms with Crippen molar-refractivity contribution < 1.29 is 4.39 Å². The highest BCUT2D eigenvalue weighted by molar-refractivity contribution is 6.30. The average Bonchev–Trinajstić information content (AvgIpc) is 2.51. The molecule has 0 saturated heterocycles. The van der Waals surface area contributed by atoms with E-state index >= 15 is 0 Å². The van der Waals surface area contributed by atoms with E-state index in [1.807, 2.05) is 0 Å². The SMILES string of the molecule is Nc1n[nH]c(-c2ccc(Cl)cc2F)n1. The van der Waals surface area contributed by atoms with Crippen molar-refractivity contribution >= 4 is 17.5 Å². The van der Waals surface area contributed by atoms with Gasteiger partial charge >= 0.3 is 0 Å². The standard InChI is InChI=1S/C8H6ClFN4/c9-4-1-2-5(6(10)3-4)7-12-8(11)14-13-7/h1-3H,(H3,11,12,13,14). The lowest BCUT2D eigenvalue weighted by atomic mass is 10.2. The van der Waals surface area contributed by atoms with Gasteiger partial charge in [0.05, 0.1) is 5.56 Å². The molecule has 0 atom stereocenters. The highest BCUT2D eigenvalue weighted by Gasteiger charge is 2.09. The van der Waals surface area contributed by atoms with Gasteiger partial charge in [-0.15, -0.1) is 5.10 Å². The number of benzene rings is 1. The highest BCUT2D eigenvalue weighted by atomic mass is 35.5. The van der Waals surface area contributed by atoms with E-state index in [2.05, 4.69) is 15.2 Å². The Morgan fingerprint density at radius 2 is 2.21 bits per heavy atom. The third-order valence-electron chi connectivity index (χ3n) is 1.69. The van der Waals surface area contributed by atoms with Gasteiger partial charge in [-0.05, 0) is 18.2 Å². The van der Waals surface area contributed by atoms with Crippen molar-refractivity contribution in [1.82, 2.24) is 15.2 Å². The predicted molar refractivity (Wildman–Crippen MR) is 51.2 cm³/mol. The van der Waals surface area contributed by atoms with Crippen LogP contribution >= 0.6 is 11.6 Å². The van der Waals surface area contributed by atoms with Crippen molar-refractivity contribution in [2.45, 2.75) is 0 Å². The molecule has 6 heteroatoms. The topological polar surface area (TPSA) is 67.6 Å². The van der Waals surface area contributed by atoms with Crippen LogP contribution in [0.5, 0.6) is 0 Å². The second-order valence-corrected chi connectivity index (χ2v) is 3.10. The van der Waals surface area contributed by atoms with E-state index in [1.54, 1.807) is 6.07 Å². The maximum atomic E-state index is 13.3. The zero-order chi connectivity index (χ0) is 10.1. The molecule has 2 rings (SSSR count). The molecule has 0 aliphatic rings. The first-order chi connectivity index (χ1) is 6.66. The first kappa shape index (κ1) is 8.96. The van der Waals surface area contributed by atoms with E-state index in [4.69, 9.17) is 17.3 Å². The number of H-pyrrole nitrogens is 1. The zero-order valence-corrected chi connectivity index (χ0v) is 7.72. The number of aromatic amines is 1. The Bertz CT molecular complexity index is 468. The molecule has 1 aromatic heterocycles. The van der Waals surface area contributed by atoms with Crippen LogP contribution in [-0.2, 0) is 0 Å². The molecular weight excluding hydrogens is 207 g/mol. The number of aromatic nitrogens is 3. The lowest BCUT2D eigenvalue weighted by molar-refractivity contribution is 0.630. The van der Waals surface area contributed by atoms with Crippen LogP contribution in [0.15, 0.2) is 18.2 Å². The van der Waals surface area contributed by atoms with Crippen molar-refractivity contribution in [2.75, 3.05) is 5.73 Å². The van der Waals surface area contributed by atoms with Gasteiger partial charge in [0.1, 0.15) is 5.82 Å². The van der Waals surface area contributed by atoms with Gasteiger partial charge in [-0.1, -0.05) is 11.6 Å². The van der Waals surface area contributed by atoms with E-state index in [0.29, 0.717) is 10.6 Å². The fourth-order valence-electron chi connectivity index (χ4n) is 1.08. The molecule has 0 aliphatic heterocycles. The molecule has 0 aliphatic carbocycles.